The van der Waals surface area contributed by atoms with Crippen LogP contribution in [0.3, 0.4) is 0 Å². The lowest BCUT2D eigenvalue weighted by Crippen LogP contribution is -2.23. The van der Waals surface area contributed by atoms with E-state index in [-0.39, 0.29) is 17.8 Å². The Hall–Kier alpha value is -1.29. The Kier molecular flexibility index (Phi) is 3.84. The van der Waals surface area contributed by atoms with Crippen molar-refractivity contribution in [2.45, 2.75) is 19.3 Å². The second kappa shape index (κ2) is 5.36. The zero-order valence-corrected chi connectivity index (χ0v) is 9.59. The van der Waals surface area contributed by atoms with Gasteiger partial charge < -0.3 is 4.90 Å². The molecule has 0 aliphatic carbocycles. The first-order chi connectivity index (χ1) is 8.18. The van der Waals surface area contributed by atoms with Gasteiger partial charge in [0.15, 0.2) is 17.4 Å². The predicted molar refractivity (Wildman–Crippen MR) is 61.0 cm³/mol. The summed E-state index contributed by atoms with van der Waals surface area (Å²) in [4.78, 5) is 13.9. The summed E-state index contributed by atoms with van der Waals surface area (Å²) in [7, 11) is 0. The molecule has 1 aromatic rings. The Morgan fingerprint density at radius 3 is 2.65 bits per heavy atom. The van der Waals surface area contributed by atoms with Crippen LogP contribution in [0.25, 0.3) is 0 Å². The van der Waals surface area contributed by atoms with Crippen molar-refractivity contribution in [1.82, 2.24) is 4.90 Å². The fourth-order valence-corrected chi connectivity index (χ4v) is 2.12. The van der Waals surface area contributed by atoms with Crippen molar-refractivity contribution in [2.24, 2.45) is 0 Å². The summed E-state index contributed by atoms with van der Waals surface area (Å²) in [6.45, 7) is 2.63. The molecule has 17 heavy (non-hydrogen) atoms. The van der Waals surface area contributed by atoms with Gasteiger partial charge in [-0.05, 0) is 38.1 Å². The summed E-state index contributed by atoms with van der Waals surface area (Å²) >= 11 is 0. The number of ketones is 1. The van der Waals surface area contributed by atoms with Gasteiger partial charge in [0, 0.05) is 13.0 Å². The number of nitrogens with zero attached hydrogens (tertiary/aromatic N) is 1. The lowest BCUT2D eigenvalue weighted by Gasteiger charge is -2.13. The van der Waals surface area contributed by atoms with E-state index < -0.39 is 11.6 Å². The van der Waals surface area contributed by atoms with Crippen LogP contribution in [-0.4, -0.2) is 30.3 Å². The SMILES string of the molecule is O=C(CCN1CCCC1)c1cccc(F)c1F. The molecule has 0 bridgehead atoms. The smallest absolute Gasteiger partial charge is 0.169 e. The number of benzene rings is 1. The zero-order valence-electron chi connectivity index (χ0n) is 9.59. The van der Waals surface area contributed by atoms with E-state index >= 15 is 0 Å². The first-order valence-corrected chi connectivity index (χ1v) is 5.88. The number of rotatable bonds is 4. The molecular formula is C13H15F2NO. The van der Waals surface area contributed by atoms with E-state index in [4.69, 9.17) is 0 Å². The minimum Gasteiger partial charge on any atom is -0.303 e. The average molecular weight is 239 g/mol. The molecule has 1 saturated heterocycles. The zero-order chi connectivity index (χ0) is 12.3. The Morgan fingerprint density at radius 1 is 1.24 bits per heavy atom. The highest BCUT2D eigenvalue weighted by molar-refractivity contribution is 5.96. The van der Waals surface area contributed by atoms with Crippen LogP contribution in [0.2, 0.25) is 0 Å². The van der Waals surface area contributed by atoms with E-state index in [9.17, 15) is 13.6 Å². The molecule has 1 aromatic carbocycles. The van der Waals surface area contributed by atoms with Crippen molar-refractivity contribution >= 4 is 5.78 Å². The van der Waals surface area contributed by atoms with Crippen LogP contribution in [0.5, 0.6) is 0 Å². The minimum atomic E-state index is -1.03. The van der Waals surface area contributed by atoms with Gasteiger partial charge in [-0.2, -0.15) is 0 Å². The molecule has 1 fully saturated rings. The minimum absolute atomic E-state index is 0.135. The van der Waals surface area contributed by atoms with Crippen molar-refractivity contribution in [1.29, 1.82) is 0 Å². The highest BCUT2D eigenvalue weighted by atomic mass is 19.2. The van der Waals surface area contributed by atoms with E-state index in [1.807, 2.05) is 0 Å². The van der Waals surface area contributed by atoms with Crippen LogP contribution in [-0.2, 0) is 0 Å². The monoisotopic (exact) mass is 239 g/mol. The normalized spacial score (nSPS) is 16.4. The average Bonchev–Trinajstić information content (AvgIpc) is 2.82. The van der Waals surface area contributed by atoms with Gasteiger partial charge in [0.1, 0.15) is 0 Å². The van der Waals surface area contributed by atoms with Gasteiger partial charge in [-0.3, -0.25) is 4.79 Å². The molecule has 0 saturated carbocycles. The third-order valence-electron chi connectivity index (χ3n) is 3.11. The molecule has 1 aliphatic rings. The van der Waals surface area contributed by atoms with E-state index in [0.717, 1.165) is 32.0 Å². The first-order valence-electron chi connectivity index (χ1n) is 5.88. The maximum absolute atomic E-state index is 13.3. The Morgan fingerprint density at radius 2 is 1.94 bits per heavy atom. The van der Waals surface area contributed by atoms with Gasteiger partial charge in [-0.1, -0.05) is 6.07 Å². The summed E-state index contributed by atoms with van der Waals surface area (Å²) in [5.74, 6) is -2.31. The van der Waals surface area contributed by atoms with Crippen molar-refractivity contribution in [2.75, 3.05) is 19.6 Å². The van der Waals surface area contributed by atoms with Crippen LogP contribution < -0.4 is 0 Å². The molecule has 0 atom stereocenters. The third kappa shape index (κ3) is 2.88. The molecule has 1 aliphatic heterocycles. The third-order valence-corrected chi connectivity index (χ3v) is 3.11. The van der Waals surface area contributed by atoms with Gasteiger partial charge in [0.2, 0.25) is 0 Å². The number of hydrogen-bond acceptors (Lipinski definition) is 2. The molecule has 2 rings (SSSR count). The summed E-state index contributed by atoms with van der Waals surface area (Å²) in [6, 6.07) is 3.72. The molecule has 0 radical (unpaired) electrons. The maximum Gasteiger partial charge on any atom is 0.169 e. The second-order valence-electron chi connectivity index (χ2n) is 4.32. The molecule has 1 heterocycles. The van der Waals surface area contributed by atoms with Gasteiger partial charge in [0.05, 0.1) is 5.56 Å². The summed E-state index contributed by atoms with van der Waals surface area (Å²) in [5, 5.41) is 0. The lowest BCUT2D eigenvalue weighted by molar-refractivity contribution is 0.0964. The highest BCUT2D eigenvalue weighted by Crippen LogP contribution is 2.14. The first kappa shape index (κ1) is 12.2. The van der Waals surface area contributed by atoms with Crippen LogP contribution in [0.15, 0.2) is 18.2 Å². The van der Waals surface area contributed by atoms with Crippen molar-refractivity contribution in [3.05, 3.63) is 35.4 Å². The van der Waals surface area contributed by atoms with E-state index in [0.29, 0.717) is 6.54 Å². The molecule has 0 aromatic heterocycles. The highest BCUT2D eigenvalue weighted by Gasteiger charge is 2.17. The molecule has 0 amide bonds. The predicted octanol–water partition coefficient (Wildman–Crippen LogP) is 2.63. The summed E-state index contributed by atoms with van der Waals surface area (Å²) < 4.78 is 26.3. The Labute approximate surface area is 99.2 Å². The quantitative estimate of drug-likeness (QED) is 0.753. The standard InChI is InChI=1S/C13H15F2NO/c14-11-5-3-4-10(13(11)15)12(17)6-9-16-7-1-2-8-16/h3-5H,1-2,6-9H2. The molecule has 2 nitrogen and oxygen atoms in total. The molecule has 92 valence electrons. The number of carbonyl (C=O) groups excluding carboxylic acids is 1. The fraction of sp³-hybridized carbons (Fsp3) is 0.462. The molecule has 0 N–H and O–H groups in total. The van der Waals surface area contributed by atoms with Crippen LogP contribution in [0.1, 0.15) is 29.6 Å². The van der Waals surface area contributed by atoms with Gasteiger partial charge >= 0.3 is 0 Å². The number of halogens is 2. The topological polar surface area (TPSA) is 20.3 Å². The summed E-state index contributed by atoms with van der Waals surface area (Å²) in [5.41, 5.74) is -0.135. The van der Waals surface area contributed by atoms with Gasteiger partial charge in [0.25, 0.3) is 0 Å². The molecule has 0 spiro atoms. The fourth-order valence-electron chi connectivity index (χ4n) is 2.12. The van der Waals surface area contributed by atoms with Crippen molar-refractivity contribution in [3.8, 4) is 0 Å². The van der Waals surface area contributed by atoms with Crippen LogP contribution in [0.4, 0.5) is 8.78 Å². The Balaban J connectivity index is 1.97. The number of carbonyl (C=O) groups is 1. The molecular weight excluding hydrogens is 224 g/mol. The number of hydrogen-bond donors (Lipinski definition) is 0. The van der Waals surface area contributed by atoms with E-state index in [1.54, 1.807) is 0 Å². The van der Waals surface area contributed by atoms with E-state index in [2.05, 4.69) is 4.90 Å². The lowest BCUT2D eigenvalue weighted by atomic mass is 10.1. The van der Waals surface area contributed by atoms with Crippen LogP contribution in [0, 0.1) is 11.6 Å². The number of likely N-dealkylation sites (tertiary alicyclic amines) is 1. The van der Waals surface area contributed by atoms with Gasteiger partial charge in [-0.15, -0.1) is 0 Å². The number of Topliss-reactive ketones (excluding diaryl/α,β-unsaturated/α-hetero) is 1. The Bertz CT molecular complexity index is 414. The molecule has 0 unspecified atom stereocenters. The maximum atomic E-state index is 13.3. The summed E-state index contributed by atoms with van der Waals surface area (Å²) in [6.07, 6.45) is 2.56. The van der Waals surface area contributed by atoms with E-state index in [1.165, 1.54) is 12.1 Å². The van der Waals surface area contributed by atoms with Gasteiger partial charge in [-0.25, -0.2) is 8.78 Å². The van der Waals surface area contributed by atoms with Crippen molar-refractivity contribution in [3.63, 3.8) is 0 Å². The second-order valence-corrected chi connectivity index (χ2v) is 4.32. The molecule has 4 heteroatoms. The van der Waals surface area contributed by atoms with Crippen LogP contribution >= 0.6 is 0 Å². The largest absolute Gasteiger partial charge is 0.303 e. The van der Waals surface area contributed by atoms with Crippen molar-refractivity contribution < 1.29 is 13.6 Å².